The Labute approximate surface area is 192 Å². The lowest BCUT2D eigenvalue weighted by Gasteiger charge is -2.16. The monoisotopic (exact) mass is 426 g/mol. The number of benzene rings is 3. The minimum atomic E-state index is 0.206. The summed E-state index contributed by atoms with van der Waals surface area (Å²) in [6, 6.07) is 23.7. The molecule has 0 aliphatic carbocycles. The van der Waals surface area contributed by atoms with Gasteiger partial charge < -0.3 is 9.30 Å². The summed E-state index contributed by atoms with van der Waals surface area (Å²) in [5.74, 6) is 2.89. The third kappa shape index (κ3) is 4.88. The molecule has 0 N–H and O–H groups in total. The molecular formula is C29H34N2O. The molecule has 0 spiro atoms. The predicted molar refractivity (Wildman–Crippen MR) is 134 cm³/mol. The number of hydrogen-bond acceptors (Lipinski definition) is 2. The van der Waals surface area contributed by atoms with E-state index in [4.69, 9.17) is 9.72 Å². The van der Waals surface area contributed by atoms with Gasteiger partial charge in [0.25, 0.3) is 0 Å². The van der Waals surface area contributed by atoms with Crippen LogP contribution in [0.15, 0.2) is 66.7 Å². The minimum absolute atomic E-state index is 0.206. The number of rotatable bonds is 8. The zero-order valence-corrected chi connectivity index (χ0v) is 19.9. The summed E-state index contributed by atoms with van der Waals surface area (Å²) in [6.45, 7) is 12.4. The first-order valence-corrected chi connectivity index (χ1v) is 11.7. The van der Waals surface area contributed by atoms with Crippen molar-refractivity contribution in [3.63, 3.8) is 0 Å². The van der Waals surface area contributed by atoms with E-state index in [0.29, 0.717) is 12.5 Å². The van der Waals surface area contributed by atoms with E-state index in [0.717, 1.165) is 35.6 Å². The summed E-state index contributed by atoms with van der Waals surface area (Å²) in [4.78, 5) is 5.02. The Hall–Kier alpha value is -3.07. The van der Waals surface area contributed by atoms with Crippen LogP contribution in [0.2, 0.25) is 0 Å². The van der Waals surface area contributed by atoms with Crippen molar-refractivity contribution < 1.29 is 4.74 Å². The highest BCUT2D eigenvalue weighted by Gasteiger charge is 2.18. The molecule has 0 fully saturated rings. The highest BCUT2D eigenvalue weighted by atomic mass is 16.5. The van der Waals surface area contributed by atoms with Crippen LogP contribution in [0, 0.1) is 19.8 Å². The van der Waals surface area contributed by atoms with E-state index in [2.05, 4.69) is 106 Å². The molecule has 3 heteroatoms. The van der Waals surface area contributed by atoms with Crippen molar-refractivity contribution in [3.8, 4) is 5.75 Å². The standard InChI is InChI=1S/C29H34N2O/c1-20(2)18-24-11-13-25(14-12-24)23(5)29-30-27-8-6-7-9-28(27)31(29)16-17-32-26-15-10-21(3)22(4)19-26/h6-15,19-20,23H,16-18H2,1-5H3. The van der Waals surface area contributed by atoms with Crippen molar-refractivity contribution in [1.29, 1.82) is 0 Å². The summed E-state index contributed by atoms with van der Waals surface area (Å²) in [5.41, 5.74) is 7.43. The third-order valence-corrected chi connectivity index (χ3v) is 6.26. The van der Waals surface area contributed by atoms with E-state index in [-0.39, 0.29) is 5.92 Å². The molecule has 0 amide bonds. The van der Waals surface area contributed by atoms with Gasteiger partial charge in [0.2, 0.25) is 0 Å². The highest BCUT2D eigenvalue weighted by molar-refractivity contribution is 5.76. The van der Waals surface area contributed by atoms with E-state index < -0.39 is 0 Å². The number of ether oxygens (including phenoxy) is 1. The molecule has 1 heterocycles. The number of nitrogens with zero attached hydrogens (tertiary/aromatic N) is 2. The zero-order valence-electron chi connectivity index (χ0n) is 19.9. The number of hydrogen-bond donors (Lipinski definition) is 0. The average molecular weight is 427 g/mol. The number of imidazole rings is 1. The van der Waals surface area contributed by atoms with E-state index in [9.17, 15) is 0 Å². The van der Waals surface area contributed by atoms with Gasteiger partial charge in [0.15, 0.2) is 0 Å². The van der Waals surface area contributed by atoms with Gasteiger partial charge in [-0.1, -0.05) is 63.2 Å². The largest absolute Gasteiger partial charge is 0.492 e. The Balaban J connectivity index is 1.57. The van der Waals surface area contributed by atoms with Crippen LogP contribution in [0.25, 0.3) is 11.0 Å². The van der Waals surface area contributed by atoms with Crippen LogP contribution in [0.5, 0.6) is 5.75 Å². The molecule has 1 atom stereocenters. The number of fused-ring (bicyclic) bond motifs is 1. The Bertz CT molecular complexity index is 1190. The molecule has 4 rings (SSSR count). The van der Waals surface area contributed by atoms with Gasteiger partial charge in [-0.15, -0.1) is 0 Å². The fraction of sp³-hybridized carbons (Fsp3) is 0.345. The van der Waals surface area contributed by atoms with Gasteiger partial charge in [-0.05, 0) is 72.7 Å². The molecule has 0 aliphatic heterocycles. The molecule has 3 aromatic carbocycles. The molecule has 4 aromatic rings. The second-order valence-corrected chi connectivity index (χ2v) is 9.27. The number of aromatic nitrogens is 2. The van der Waals surface area contributed by atoms with E-state index in [1.54, 1.807) is 0 Å². The van der Waals surface area contributed by atoms with E-state index in [1.165, 1.54) is 22.3 Å². The fourth-order valence-electron chi connectivity index (χ4n) is 4.28. The molecule has 166 valence electrons. The topological polar surface area (TPSA) is 27.1 Å². The molecule has 3 nitrogen and oxygen atoms in total. The maximum absolute atomic E-state index is 6.11. The Morgan fingerprint density at radius 3 is 2.34 bits per heavy atom. The molecule has 0 bridgehead atoms. The summed E-state index contributed by atoms with van der Waals surface area (Å²) < 4.78 is 8.43. The van der Waals surface area contributed by atoms with Gasteiger partial charge in [0.05, 0.1) is 17.6 Å². The molecule has 1 unspecified atom stereocenters. The fourth-order valence-corrected chi connectivity index (χ4v) is 4.28. The molecule has 32 heavy (non-hydrogen) atoms. The molecule has 0 saturated heterocycles. The Morgan fingerprint density at radius 1 is 0.875 bits per heavy atom. The van der Waals surface area contributed by atoms with Gasteiger partial charge >= 0.3 is 0 Å². The van der Waals surface area contributed by atoms with Crippen molar-refractivity contribution in [2.24, 2.45) is 5.92 Å². The normalized spacial score (nSPS) is 12.4. The van der Waals surface area contributed by atoms with Crippen LogP contribution in [0.1, 0.15) is 54.8 Å². The second-order valence-electron chi connectivity index (χ2n) is 9.27. The van der Waals surface area contributed by atoms with Crippen molar-refractivity contribution in [3.05, 3.63) is 94.8 Å². The van der Waals surface area contributed by atoms with Crippen molar-refractivity contribution in [2.75, 3.05) is 6.61 Å². The van der Waals surface area contributed by atoms with Crippen molar-refractivity contribution in [1.82, 2.24) is 9.55 Å². The predicted octanol–water partition coefficient (Wildman–Crippen LogP) is 7.08. The van der Waals surface area contributed by atoms with Gasteiger partial charge in [0.1, 0.15) is 18.2 Å². The van der Waals surface area contributed by atoms with Crippen LogP contribution in [-0.4, -0.2) is 16.2 Å². The van der Waals surface area contributed by atoms with Crippen LogP contribution in [0.4, 0.5) is 0 Å². The Morgan fingerprint density at radius 2 is 1.62 bits per heavy atom. The number of aryl methyl sites for hydroxylation is 2. The van der Waals surface area contributed by atoms with E-state index >= 15 is 0 Å². The van der Waals surface area contributed by atoms with Crippen molar-refractivity contribution >= 4 is 11.0 Å². The lowest BCUT2D eigenvalue weighted by Crippen LogP contribution is -2.13. The smallest absolute Gasteiger partial charge is 0.119 e. The summed E-state index contributed by atoms with van der Waals surface area (Å²) in [5, 5.41) is 0. The van der Waals surface area contributed by atoms with Gasteiger partial charge in [-0.3, -0.25) is 0 Å². The van der Waals surface area contributed by atoms with Gasteiger partial charge in [-0.25, -0.2) is 4.98 Å². The minimum Gasteiger partial charge on any atom is -0.492 e. The lowest BCUT2D eigenvalue weighted by molar-refractivity contribution is 0.297. The van der Waals surface area contributed by atoms with Gasteiger partial charge in [-0.2, -0.15) is 0 Å². The first kappa shape index (κ1) is 22.1. The van der Waals surface area contributed by atoms with Crippen LogP contribution in [-0.2, 0) is 13.0 Å². The van der Waals surface area contributed by atoms with Crippen molar-refractivity contribution in [2.45, 2.75) is 53.5 Å². The SMILES string of the molecule is Cc1ccc(OCCn2c(C(C)c3ccc(CC(C)C)cc3)nc3ccccc32)cc1C. The average Bonchev–Trinajstić information content (AvgIpc) is 3.14. The molecule has 0 radical (unpaired) electrons. The van der Waals surface area contributed by atoms with Crippen LogP contribution in [0.3, 0.4) is 0 Å². The summed E-state index contributed by atoms with van der Waals surface area (Å²) in [7, 11) is 0. The maximum atomic E-state index is 6.11. The number of para-hydroxylation sites is 2. The molecule has 1 aromatic heterocycles. The maximum Gasteiger partial charge on any atom is 0.119 e. The van der Waals surface area contributed by atoms with Crippen LogP contribution >= 0.6 is 0 Å². The molecule has 0 aliphatic rings. The summed E-state index contributed by atoms with van der Waals surface area (Å²) in [6.07, 6.45) is 1.11. The Kier molecular flexibility index (Phi) is 6.64. The lowest BCUT2D eigenvalue weighted by atomic mass is 9.96. The van der Waals surface area contributed by atoms with Crippen LogP contribution < -0.4 is 4.74 Å². The quantitative estimate of drug-likeness (QED) is 0.301. The highest BCUT2D eigenvalue weighted by Crippen LogP contribution is 2.28. The van der Waals surface area contributed by atoms with Gasteiger partial charge in [0, 0.05) is 5.92 Å². The first-order valence-electron chi connectivity index (χ1n) is 11.7. The van der Waals surface area contributed by atoms with E-state index in [1.807, 2.05) is 0 Å². The third-order valence-electron chi connectivity index (χ3n) is 6.26. The second kappa shape index (κ2) is 9.60. The first-order chi connectivity index (χ1) is 15.4. The molecule has 0 saturated carbocycles. The zero-order chi connectivity index (χ0) is 22.7. The molecular weight excluding hydrogens is 392 g/mol. The summed E-state index contributed by atoms with van der Waals surface area (Å²) >= 11 is 0.